The summed E-state index contributed by atoms with van der Waals surface area (Å²) in [7, 11) is 0. The summed E-state index contributed by atoms with van der Waals surface area (Å²) in [5, 5.41) is 13.2. The van der Waals surface area contributed by atoms with Gasteiger partial charge in [-0.25, -0.2) is 13.2 Å². The van der Waals surface area contributed by atoms with E-state index in [9.17, 15) is 31.4 Å². The molecule has 0 radical (unpaired) electrons. The summed E-state index contributed by atoms with van der Waals surface area (Å²) >= 11 is 0. The van der Waals surface area contributed by atoms with E-state index in [0.29, 0.717) is 32.2 Å². The van der Waals surface area contributed by atoms with Crippen molar-refractivity contribution in [3.63, 3.8) is 0 Å². The van der Waals surface area contributed by atoms with Gasteiger partial charge in [-0.15, -0.1) is 13.2 Å². The van der Waals surface area contributed by atoms with Gasteiger partial charge >= 0.3 is 6.36 Å². The number of alkyl halides is 3. The molecule has 1 saturated heterocycles. The van der Waals surface area contributed by atoms with Crippen LogP contribution in [0.25, 0.3) is 0 Å². The molecular weight excluding hydrogens is 390 g/mol. The molecule has 3 rings (SSSR count). The minimum atomic E-state index is -4.87. The molecule has 1 aliphatic rings. The molecule has 0 saturated carbocycles. The number of phenols is 1. The van der Waals surface area contributed by atoms with E-state index in [1.54, 1.807) is 4.90 Å². The van der Waals surface area contributed by atoms with Crippen molar-refractivity contribution in [1.29, 1.82) is 0 Å². The molecule has 1 heterocycles. The van der Waals surface area contributed by atoms with Crippen molar-refractivity contribution in [1.82, 2.24) is 10.2 Å². The topological polar surface area (TPSA) is 44.7 Å². The SMILES string of the molecule is Oc1cc(F)c(F)c(F)c1[C@@H](c1ccc(OC(F)(F)F)cc1)N1CCNCC1. The van der Waals surface area contributed by atoms with Crippen molar-refractivity contribution < 1.29 is 36.2 Å². The van der Waals surface area contributed by atoms with Gasteiger partial charge in [-0.1, -0.05) is 12.1 Å². The van der Waals surface area contributed by atoms with Gasteiger partial charge < -0.3 is 15.2 Å². The smallest absolute Gasteiger partial charge is 0.507 e. The molecule has 0 spiro atoms. The van der Waals surface area contributed by atoms with E-state index in [1.165, 1.54) is 12.1 Å². The molecule has 0 aromatic heterocycles. The number of phenolic OH excluding ortho intramolecular Hbond substituents is 1. The van der Waals surface area contributed by atoms with Crippen LogP contribution < -0.4 is 10.1 Å². The van der Waals surface area contributed by atoms with Crippen molar-refractivity contribution >= 4 is 0 Å². The largest absolute Gasteiger partial charge is 0.573 e. The molecule has 152 valence electrons. The standard InChI is InChI=1S/C18H16F6N2O2/c19-12-9-13(27)14(16(21)15(12)20)17(26-7-5-25-6-8-26)10-1-3-11(4-2-10)28-18(22,23)24/h1-4,9,17,25,27H,5-8H2/t17-/m1/s1. The Morgan fingerprint density at radius 3 is 2.18 bits per heavy atom. The normalized spacial score (nSPS) is 16.8. The molecule has 0 aliphatic carbocycles. The molecule has 4 nitrogen and oxygen atoms in total. The van der Waals surface area contributed by atoms with E-state index in [4.69, 9.17) is 0 Å². The Balaban J connectivity index is 2.05. The van der Waals surface area contributed by atoms with Crippen LogP contribution >= 0.6 is 0 Å². The summed E-state index contributed by atoms with van der Waals surface area (Å²) in [5.74, 6) is -6.07. The Bertz CT molecular complexity index is 835. The van der Waals surface area contributed by atoms with Crippen molar-refractivity contribution in [2.75, 3.05) is 26.2 Å². The van der Waals surface area contributed by atoms with Crippen LogP contribution in [0.4, 0.5) is 26.3 Å². The number of nitrogens with zero attached hydrogens (tertiary/aromatic N) is 1. The Hall–Kier alpha value is -2.46. The van der Waals surface area contributed by atoms with Gasteiger partial charge in [0.15, 0.2) is 17.5 Å². The van der Waals surface area contributed by atoms with E-state index in [1.807, 2.05) is 0 Å². The first-order chi connectivity index (χ1) is 13.2. The number of benzene rings is 2. The first-order valence-corrected chi connectivity index (χ1v) is 8.34. The number of ether oxygens (including phenoxy) is 1. The van der Waals surface area contributed by atoms with Gasteiger partial charge in [0.05, 0.1) is 11.6 Å². The second-order valence-electron chi connectivity index (χ2n) is 6.22. The zero-order valence-corrected chi connectivity index (χ0v) is 14.4. The average Bonchev–Trinajstić information content (AvgIpc) is 2.64. The molecule has 0 unspecified atom stereocenters. The maximum absolute atomic E-state index is 14.5. The van der Waals surface area contributed by atoms with Gasteiger partial charge in [0.25, 0.3) is 0 Å². The van der Waals surface area contributed by atoms with E-state index >= 15 is 0 Å². The Morgan fingerprint density at radius 1 is 1.00 bits per heavy atom. The Kier molecular flexibility index (Phi) is 5.71. The van der Waals surface area contributed by atoms with Crippen LogP contribution in [0.2, 0.25) is 0 Å². The molecule has 10 heteroatoms. The molecule has 1 atom stereocenters. The van der Waals surface area contributed by atoms with E-state index in [-0.39, 0.29) is 5.56 Å². The first-order valence-electron chi connectivity index (χ1n) is 8.34. The van der Waals surface area contributed by atoms with Gasteiger partial charge in [-0.05, 0) is 17.7 Å². The molecule has 1 aliphatic heterocycles. The Morgan fingerprint density at radius 2 is 1.61 bits per heavy atom. The van der Waals surface area contributed by atoms with E-state index in [0.717, 1.165) is 12.1 Å². The summed E-state index contributed by atoms with van der Waals surface area (Å²) < 4.78 is 82.6. The zero-order valence-electron chi connectivity index (χ0n) is 14.4. The molecule has 0 bridgehead atoms. The minimum Gasteiger partial charge on any atom is -0.507 e. The first kappa shape index (κ1) is 20.3. The molecular formula is C18H16F6N2O2. The zero-order chi connectivity index (χ0) is 20.5. The summed E-state index contributed by atoms with van der Waals surface area (Å²) in [6.07, 6.45) is -4.87. The monoisotopic (exact) mass is 406 g/mol. The molecule has 2 aromatic carbocycles. The third-order valence-corrected chi connectivity index (χ3v) is 4.40. The molecule has 1 fully saturated rings. The quantitative estimate of drug-likeness (QED) is 0.601. The number of aromatic hydroxyl groups is 1. The van der Waals surface area contributed by atoms with Crippen molar-refractivity contribution in [2.45, 2.75) is 12.4 Å². The molecule has 28 heavy (non-hydrogen) atoms. The highest BCUT2D eigenvalue weighted by Crippen LogP contribution is 2.38. The lowest BCUT2D eigenvalue weighted by Crippen LogP contribution is -2.45. The average molecular weight is 406 g/mol. The highest BCUT2D eigenvalue weighted by atomic mass is 19.4. The van der Waals surface area contributed by atoms with Crippen LogP contribution in [0.3, 0.4) is 0 Å². The second kappa shape index (κ2) is 7.88. The third kappa shape index (κ3) is 4.33. The van der Waals surface area contributed by atoms with E-state index < -0.39 is 46.9 Å². The predicted octanol–water partition coefficient (Wildman–Crippen LogP) is 3.70. The summed E-state index contributed by atoms with van der Waals surface area (Å²) in [6.45, 7) is 1.84. The Labute approximate surface area is 156 Å². The highest BCUT2D eigenvalue weighted by Gasteiger charge is 2.33. The fourth-order valence-electron chi connectivity index (χ4n) is 3.21. The van der Waals surface area contributed by atoms with Crippen LogP contribution in [-0.4, -0.2) is 42.5 Å². The maximum Gasteiger partial charge on any atom is 0.573 e. The van der Waals surface area contributed by atoms with Gasteiger partial charge in [0, 0.05) is 32.2 Å². The minimum absolute atomic E-state index is 0.289. The predicted molar refractivity (Wildman–Crippen MR) is 87.4 cm³/mol. The van der Waals surface area contributed by atoms with Gasteiger partial charge in [-0.2, -0.15) is 0 Å². The number of halogens is 6. The van der Waals surface area contributed by atoms with E-state index in [2.05, 4.69) is 10.1 Å². The van der Waals surface area contributed by atoms with Crippen LogP contribution in [0.15, 0.2) is 30.3 Å². The molecule has 2 N–H and O–H groups in total. The number of nitrogens with one attached hydrogen (secondary N) is 1. The van der Waals surface area contributed by atoms with Crippen LogP contribution in [0.1, 0.15) is 17.2 Å². The fraction of sp³-hybridized carbons (Fsp3) is 0.333. The number of piperazine rings is 1. The van der Waals surface area contributed by atoms with Gasteiger partial charge in [0.2, 0.25) is 0 Å². The number of hydrogen-bond acceptors (Lipinski definition) is 4. The fourth-order valence-corrected chi connectivity index (χ4v) is 3.21. The lowest BCUT2D eigenvalue weighted by Gasteiger charge is -2.36. The lowest BCUT2D eigenvalue weighted by molar-refractivity contribution is -0.274. The van der Waals surface area contributed by atoms with Crippen LogP contribution in [-0.2, 0) is 0 Å². The summed E-state index contributed by atoms with van der Waals surface area (Å²) in [6, 6.07) is 4.03. The third-order valence-electron chi connectivity index (χ3n) is 4.40. The summed E-state index contributed by atoms with van der Waals surface area (Å²) in [5.41, 5.74) is -0.193. The van der Waals surface area contributed by atoms with Crippen molar-refractivity contribution in [3.05, 3.63) is 58.9 Å². The molecule has 2 aromatic rings. The van der Waals surface area contributed by atoms with Crippen molar-refractivity contribution in [3.8, 4) is 11.5 Å². The maximum atomic E-state index is 14.5. The second-order valence-corrected chi connectivity index (χ2v) is 6.22. The lowest BCUT2D eigenvalue weighted by atomic mass is 9.94. The van der Waals surface area contributed by atoms with Gasteiger partial charge in [0.1, 0.15) is 11.5 Å². The van der Waals surface area contributed by atoms with Crippen LogP contribution in [0.5, 0.6) is 11.5 Å². The summed E-state index contributed by atoms with van der Waals surface area (Å²) in [4.78, 5) is 1.71. The number of rotatable bonds is 4. The van der Waals surface area contributed by atoms with Crippen molar-refractivity contribution in [2.24, 2.45) is 0 Å². The molecule has 0 amide bonds. The van der Waals surface area contributed by atoms with Gasteiger partial charge in [-0.3, -0.25) is 4.90 Å². The highest BCUT2D eigenvalue weighted by molar-refractivity contribution is 5.44. The van der Waals surface area contributed by atoms with Crippen LogP contribution in [0, 0.1) is 17.5 Å². The number of hydrogen-bond donors (Lipinski definition) is 2.